The SMILES string of the molecule is COc1ccc(CNCC(O)CC(C)C)cc1F. The van der Waals surface area contributed by atoms with Crippen molar-refractivity contribution in [2.75, 3.05) is 13.7 Å². The van der Waals surface area contributed by atoms with Crippen molar-refractivity contribution in [2.24, 2.45) is 5.92 Å². The van der Waals surface area contributed by atoms with E-state index >= 15 is 0 Å². The van der Waals surface area contributed by atoms with Crippen LogP contribution in [0.25, 0.3) is 0 Å². The van der Waals surface area contributed by atoms with Crippen LogP contribution in [0, 0.1) is 11.7 Å². The maximum Gasteiger partial charge on any atom is 0.165 e. The number of halogens is 1. The van der Waals surface area contributed by atoms with Gasteiger partial charge in [0.1, 0.15) is 0 Å². The molecule has 0 bridgehead atoms. The fourth-order valence-electron chi connectivity index (χ4n) is 1.83. The van der Waals surface area contributed by atoms with Gasteiger partial charge in [0, 0.05) is 13.1 Å². The molecule has 0 aliphatic carbocycles. The van der Waals surface area contributed by atoms with Gasteiger partial charge in [0.2, 0.25) is 0 Å². The largest absolute Gasteiger partial charge is 0.494 e. The van der Waals surface area contributed by atoms with Gasteiger partial charge in [0.05, 0.1) is 13.2 Å². The first kappa shape index (κ1) is 14.9. The highest BCUT2D eigenvalue weighted by Gasteiger charge is 2.07. The minimum absolute atomic E-state index is 0.249. The van der Waals surface area contributed by atoms with E-state index < -0.39 is 0 Å². The molecular formula is C14H22FNO2. The third kappa shape index (κ3) is 5.02. The topological polar surface area (TPSA) is 41.5 Å². The molecule has 1 aromatic carbocycles. The Kier molecular flexibility index (Phi) is 6.09. The Bertz CT molecular complexity index is 369. The first-order valence-corrected chi connectivity index (χ1v) is 6.24. The van der Waals surface area contributed by atoms with Crippen LogP contribution in [0.5, 0.6) is 5.75 Å². The summed E-state index contributed by atoms with van der Waals surface area (Å²) in [7, 11) is 1.44. The fourth-order valence-corrected chi connectivity index (χ4v) is 1.83. The van der Waals surface area contributed by atoms with E-state index in [1.54, 1.807) is 6.07 Å². The second-order valence-electron chi connectivity index (χ2n) is 4.88. The van der Waals surface area contributed by atoms with Gasteiger partial charge in [-0.1, -0.05) is 19.9 Å². The number of ether oxygens (including phenoxy) is 1. The third-order valence-corrected chi connectivity index (χ3v) is 2.67. The maximum absolute atomic E-state index is 13.4. The molecular weight excluding hydrogens is 233 g/mol. The average molecular weight is 255 g/mol. The normalized spacial score (nSPS) is 12.8. The van der Waals surface area contributed by atoms with Gasteiger partial charge in [-0.2, -0.15) is 0 Å². The molecule has 1 aromatic rings. The second kappa shape index (κ2) is 7.34. The number of benzene rings is 1. The number of nitrogens with one attached hydrogen (secondary N) is 1. The third-order valence-electron chi connectivity index (χ3n) is 2.67. The van der Waals surface area contributed by atoms with Gasteiger partial charge in [-0.05, 0) is 30.0 Å². The second-order valence-corrected chi connectivity index (χ2v) is 4.88. The lowest BCUT2D eigenvalue weighted by atomic mass is 10.1. The van der Waals surface area contributed by atoms with Crippen LogP contribution in [0.4, 0.5) is 4.39 Å². The summed E-state index contributed by atoms with van der Waals surface area (Å²) in [6.45, 7) is 5.20. The van der Waals surface area contributed by atoms with E-state index in [1.165, 1.54) is 13.2 Å². The van der Waals surface area contributed by atoms with Crippen LogP contribution in [0.15, 0.2) is 18.2 Å². The molecule has 3 nitrogen and oxygen atoms in total. The Morgan fingerprint density at radius 1 is 1.39 bits per heavy atom. The summed E-state index contributed by atoms with van der Waals surface area (Å²) in [5, 5.41) is 12.8. The Morgan fingerprint density at radius 2 is 2.11 bits per heavy atom. The van der Waals surface area contributed by atoms with Crippen LogP contribution in [-0.2, 0) is 6.54 Å². The van der Waals surface area contributed by atoms with Gasteiger partial charge in [-0.15, -0.1) is 0 Å². The standard InChI is InChI=1S/C14H22FNO2/c1-10(2)6-12(17)9-16-8-11-4-5-14(18-3)13(15)7-11/h4-5,7,10,12,16-17H,6,8-9H2,1-3H3. The molecule has 0 amide bonds. The van der Waals surface area contributed by atoms with Crippen LogP contribution in [0.1, 0.15) is 25.8 Å². The van der Waals surface area contributed by atoms with Crippen LogP contribution < -0.4 is 10.1 Å². The summed E-state index contributed by atoms with van der Waals surface area (Å²) in [6.07, 6.45) is 0.414. The number of aliphatic hydroxyl groups excluding tert-OH is 1. The summed E-state index contributed by atoms with van der Waals surface area (Å²) < 4.78 is 18.3. The van der Waals surface area contributed by atoms with Crippen molar-refractivity contribution in [2.45, 2.75) is 32.9 Å². The first-order valence-electron chi connectivity index (χ1n) is 6.24. The average Bonchev–Trinajstić information content (AvgIpc) is 2.28. The monoisotopic (exact) mass is 255 g/mol. The van der Waals surface area contributed by atoms with Crippen molar-refractivity contribution in [1.29, 1.82) is 0 Å². The molecule has 1 atom stereocenters. The van der Waals surface area contributed by atoms with Crippen LogP contribution in [0.2, 0.25) is 0 Å². The Labute approximate surface area is 108 Å². The summed E-state index contributed by atoms with van der Waals surface area (Å²) in [5.74, 6) is 0.360. The molecule has 1 rings (SSSR count). The van der Waals surface area contributed by atoms with Crippen LogP contribution in [0.3, 0.4) is 0 Å². The number of aliphatic hydroxyl groups is 1. The van der Waals surface area contributed by atoms with E-state index in [1.807, 2.05) is 6.07 Å². The minimum atomic E-state index is -0.362. The number of hydrogen-bond donors (Lipinski definition) is 2. The predicted molar refractivity (Wildman–Crippen MR) is 70.1 cm³/mol. The fraction of sp³-hybridized carbons (Fsp3) is 0.571. The molecule has 0 saturated heterocycles. The van der Waals surface area contributed by atoms with Crippen LogP contribution in [-0.4, -0.2) is 24.9 Å². The molecule has 0 fully saturated rings. The van der Waals surface area contributed by atoms with Gasteiger partial charge < -0.3 is 15.2 Å². The lowest BCUT2D eigenvalue weighted by Crippen LogP contribution is -2.27. The zero-order chi connectivity index (χ0) is 13.5. The van der Waals surface area contributed by atoms with Gasteiger partial charge >= 0.3 is 0 Å². The molecule has 0 heterocycles. The summed E-state index contributed by atoms with van der Waals surface area (Å²) in [5.41, 5.74) is 0.838. The van der Waals surface area contributed by atoms with Crippen molar-refractivity contribution in [1.82, 2.24) is 5.32 Å². The molecule has 4 heteroatoms. The lowest BCUT2D eigenvalue weighted by molar-refractivity contribution is 0.146. The van der Waals surface area contributed by atoms with Crippen molar-refractivity contribution in [3.05, 3.63) is 29.6 Å². The number of hydrogen-bond acceptors (Lipinski definition) is 3. The summed E-state index contributed by atoms with van der Waals surface area (Å²) in [4.78, 5) is 0. The first-order chi connectivity index (χ1) is 8.52. The molecule has 0 radical (unpaired) electrons. The predicted octanol–water partition coefficient (Wildman–Crippen LogP) is 2.33. The van der Waals surface area contributed by atoms with Crippen LogP contribution >= 0.6 is 0 Å². The molecule has 18 heavy (non-hydrogen) atoms. The van der Waals surface area contributed by atoms with Crippen molar-refractivity contribution >= 4 is 0 Å². The zero-order valence-electron chi connectivity index (χ0n) is 11.2. The van der Waals surface area contributed by atoms with E-state index in [2.05, 4.69) is 19.2 Å². The molecule has 1 unspecified atom stereocenters. The highest BCUT2D eigenvalue weighted by Crippen LogP contribution is 2.17. The molecule has 2 N–H and O–H groups in total. The molecule has 102 valence electrons. The maximum atomic E-state index is 13.4. The molecule has 0 aliphatic rings. The van der Waals surface area contributed by atoms with E-state index in [0.717, 1.165) is 12.0 Å². The van der Waals surface area contributed by atoms with E-state index in [-0.39, 0.29) is 17.7 Å². The molecule has 0 aromatic heterocycles. The van der Waals surface area contributed by atoms with Crippen molar-refractivity contribution in [3.63, 3.8) is 0 Å². The van der Waals surface area contributed by atoms with E-state index in [4.69, 9.17) is 4.74 Å². The molecule has 0 spiro atoms. The van der Waals surface area contributed by atoms with E-state index in [0.29, 0.717) is 19.0 Å². The zero-order valence-corrected chi connectivity index (χ0v) is 11.2. The number of methoxy groups -OCH3 is 1. The lowest BCUT2D eigenvalue weighted by Gasteiger charge is -2.14. The summed E-state index contributed by atoms with van der Waals surface area (Å²) in [6, 6.07) is 4.86. The highest BCUT2D eigenvalue weighted by molar-refractivity contribution is 5.29. The summed E-state index contributed by atoms with van der Waals surface area (Å²) >= 11 is 0. The Hall–Kier alpha value is -1.13. The smallest absolute Gasteiger partial charge is 0.165 e. The number of rotatable bonds is 7. The quantitative estimate of drug-likeness (QED) is 0.785. The van der Waals surface area contributed by atoms with Gasteiger partial charge in [0.25, 0.3) is 0 Å². The highest BCUT2D eigenvalue weighted by atomic mass is 19.1. The molecule has 0 aliphatic heterocycles. The van der Waals surface area contributed by atoms with Crippen molar-refractivity contribution < 1.29 is 14.2 Å². The van der Waals surface area contributed by atoms with E-state index in [9.17, 15) is 9.50 Å². The van der Waals surface area contributed by atoms with Gasteiger partial charge in [0.15, 0.2) is 11.6 Å². The Balaban J connectivity index is 2.37. The Morgan fingerprint density at radius 3 is 2.67 bits per heavy atom. The molecule has 0 saturated carbocycles. The van der Waals surface area contributed by atoms with Gasteiger partial charge in [-0.3, -0.25) is 0 Å². The van der Waals surface area contributed by atoms with Gasteiger partial charge in [-0.25, -0.2) is 4.39 Å². The minimum Gasteiger partial charge on any atom is -0.494 e. The van der Waals surface area contributed by atoms with Crippen molar-refractivity contribution in [3.8, 4) is 5.75 Å².